The molecule has 2 heterocycles. The maximum Gasteiger partial charge on any atom is 0.573 e. The molecule has 0 radical (unpaired) electrons. The number of ether oxygens (including phenoxy) is 1. The van der Waals surface area contributed by atoms with Gasteiger partial charge >= 0.3 is 12.4 Å². The molecule has 3 rings (SSSR count). The van der Waals surface area contributed by atoms with Crippen molar-refractivity contribution >= 4 is 23.6 Å². The van der Waals surface area contributed by atoms with Crippen molar-refractivity contribution in [1.29, 1.82) is 0 Å². The van der Waals surface area contributed by atoms with Gasteiger partial charge in [-0.05, 0) is 18.6 Å². The van der Waals surface area contributed by atoms with Crippen LogP contribution in [-0.4, -0.2) is 52.3 Å². The highest BCUT2D eigenvalue weighted by Crippen LogP contribution is 2.29. The van der Waals surface area contributed by atoms with E-state index in [1.165, 1.54) is 18.2 Å². The molecule has 1 aliphatic rings. The maximum atomic E-state index is 12.5. The summed E-state index contributed by atoms with van der Waals surface area (Å²) in [6, 6.07) is 3.89. The third-order valence-corrected chi connectivity index (χ3v) is 4.39. The third kappa shape index (κ3) is 6.18. The van der Waals surface area contributed by atoms with E-state index in [1.807, 2.05) is 0 Å². The van der Waals surface area contributed by atoms with Crippen molar-refractivity contribution in [2.24, 2.45) is 5.73 Å². The Hall–Kier alpha value is -3.61. The van der Waals surface area contributed by atoms with Crippen LogP contribution in [0.5, 0.6) is 5.75 Å². The van der Waals surface area contributed by atoms with Crippen LogP contribution in [0, 0.1) is 0 Å². The van der Waals surface area contributed by atoms with Gasteiger partial charge in [-0.2, -0.15) is 0 Å². The highest BCUT2D eigenvalue weighted by Gasteiger charge is 2.32. The number of aromatic amines is 1. The molecule has 0 aliphatic carbocycles. The Morgan fingerprint density at radius 1 is 1.29 bits per heavy atom. The van der Waals surface area contributed by atoms with Crippen molar-refractivity contribution in [3.05, 3.63) is 46.4 Å². The molecule has 166 valence electrons. The number of H-pyrrole nitrogens is 1. The number of carbonyl (C=O) groups excluding carboxylic acids is 2. The Bertz CT molecular complexity index is 1030. The zero-order valence-electron chi connectivity index (χ0n) is 16.0. The number of halogens is 3. The van der Waals surface area contributed by atoms with E-state index < -0.39 is 23.7 Å². The number of nitrogens with two attached hydrogens (primary N) is 1. The Labute approximate surface area is 173 Å². The lowest BCUT2D eigenvalue weighted by Gasteiger charge is -2.15. The summed E-state index contributed by atoms with van der Waals surface area (Å²) in [5.74, 6) is -1.13. The number of para-hydroxylation sites is 2. The molecule has 10 nitrogen and oxygen atoms in total. The molecule has 5 N–H and O–H groups in total. The van der Waals surface area contributed by atoms with Gasteiger partial charge in [0.2, 0.25) is 11.9 Å². The normalized spacial score (nSPS) is 16.1. The van der Waals surface area contributed by atoms with Gasteiger partial charge in [-0.1, -0.05) is 12.1 Å². The highest BCUT2D eigenvalue weighted by molar-refractivity contribution is 5.99. The molecule has 0 saturated carbocycles. The quantitative estimate of drug-likeness (QED) is 0.554. The number of benzene rings is 1. The molecule has 3 amide bonds. The first kappa shape index (κ1) is 22.1. The Morgan fingerprint density at radius 2 is 2.03 bits per heavy atom. The molecule has 1 aromatic carbocycles. The van der Waals surface area contributed by atoms with Crippen molar-refractivity contribution in [2.75, 3.05) is 23.7 Å². The van der Waals surface area contributed by atoms with Crippen molar-refractivity contribution in [2.45, 2.75) is 25.2 Å². The molecule has 13 heteroatoms. The molecule has 1 atom stereocenters. The van der Waals surface area contributed by atoms with Gasteiger partial charge in [0.1, 0.15) is 0 Å². The summed E-state index contributed by atoms with van der Waals surface area (Å²) in [4.78, 5) is 44.2. The molecule has 0 bridgehead atoms. The predicted molar refractivity (Wildman–Crippen MR) is 104 cm³/mol. The largest absolute Gasteiger partial charge is 0.573 e. The Morgan fingerprint density at radius 3 is 2.68 bits per heavy atom. The highest BCUT2D eigenvalue weighted by atomic mass is 19.4. The van der Waals surface area contributed by atoms with Crippen LogP contribution in [0.2, 0.25) is 0 Å². The number of alkyl halides is 3. The van der Waals surface area contributed by atoms with E-state index in [4.69, 9.17) is 5.73 Å². The summed E-state index contributed by atoms with van der Waals surface area (Å²) in [5.41, 5.74) is 4.98. The molecular formula is C18H19F3N6O4. The van der Waals surface area contributed by atoms with Gasteiger partial charge in [-0.3, -0.25) is 19.9 Å². The molecule has 1 fully saturated rings. The topological polar surface area (TPSA) is 142 Å². The van der Waals surface area contributed by atoms with Gasteiger partial charge in [0, 0.05) is 30.9 Å². The minimum absolute atomic E-state index is 0.0860. The summed E-state index contributed by atoms with van der Waals surface area (Å²) in [6.07, 6.45) is -3.28. The van der Waals surface area contributed by atoms with E-state index in [1.54, 1.807) is 4.90 Å². The Balaban J connectivity index is 1.62. The van der Waals surface area contributed by atoms with E-state index in [9.17, 15) is 27.6 Å². The number of anilines is 2. The van der Waals surface area contributed by atoms with Crippen LogP contribution in [0.4, 0.5) is 29.6 Å². The zero-order valence-corrected chi connectivity index (χ0v) is 16.0. The molecular weight excluding hydrogens is 421 g/mol. The molecule has 1 saturated heterocycles. The zero-order chi connectivity index (χ0) is 22.6. The van der Waals surface area contributed by atoms with Crippen molar-refractivity contribution in [3.63, 3.8) is 0 Å². The number of nitrogens with one attached hydrogen (secondary N) is 3. The summed E-state index contributed by atoms with van der Waals surface area (Å²) in [5, 5.41) is 4.38. The number of aromatic nitrogens is 2. The monoisotopic (exact) mass is 440 g/mol. The van der Waals surface area contributed by atoms with Crippen LogP contribution in [0.25, 0.3) is 0 Å². The predicted octanol–water partition coefficient (Wildman–Crippen LogP) is 1.41. The van der Waals surface area contributed by atoms with Gasteiger partial charge in [0.05, 0.1) is 12.1 Å². The molecule has 1 aromatic heterocycles. The second-order valence-electron chi connectivity index (χ2n) is 6.77. The fraction of sp³-hybridized carbons (Fsp3) is 0.333. The van der Waals surface area contributed by atoms with Crippen LogP contribution in [0.3, 0.4) is 0 Å². The Kier molecular flexibility index (Phi) is 6.44. The maximum absolute atomic E-state index is 12.5. The summed E-state index contributed by atoms with van der Waals surface area (Å²) in [7, 11) is 0. The second-order valence-corrected chi connectivity index (χ2v) is 6.77. The van der Waals surface area contributed by atoms with Crippen LogP contribution < -0.4 is 26.7 Å². The number of hydrogen-bond donors (Lipinski definition) is 4. The minimum Gasteiger partial charge on any atom is -0.404 e. The van der Waals surface area contributed by atoms with Crippen LogP contribution in [0.15, 0.2) is 35.3 Å². The first-order valence-corrected chi connectivity index (χ1v) is 9.15. The van der Waals surface area contributed by atoms with Gasteiger partial charge in [0.25, 0.3) is 5.56 Å². The standard InChI is InChI=1S/C18H19F3N6O4/c19-18(20,21)31-13-4-2-1-3-12(13)24-17(30)26-16-23-8-10(15(29)25-16)7-14(28)27-6-5-11(22)9-27/h1-4,8,11H,5-7,9,22H2,(H3,23,24,25,26,29,30). The number of hydrogen-bond acceptors (Lipinski definition) is 6. The number of carbonyl (C=O) groups is 2. The van der Waals surface area contributed by atoms with Crippen LogP contribution in [-0.2, 0) is 11.2 Å². The first-order chi connectivity index (χ1) is 14.6. The number of amides is 3. The first-order valence-electron chi connectivity index (χ1n) is 9.15. The number of rotatable bonds is 5. The van der Waals surface area contributed by atoms with Crippen LogP contribution >= 0.6 is 0 Å². The average Bonchev–Trinajstić information content (AvgIpc) is 3.11. The van der Waals surface area contributed by atoms with Gasteiger partial charge in [-0.15, -0.1) is 13.2 Å². The van der Waals surface area contributed by atoms with E-state index in [0.29, 0.717) is 19.5 Å². The number of nitrogens with zero attached hydrogens (tertiary/aromatic N) is 2. The number of urea groups is 1. The van der Waals surface area contributed by atoms with Crippen molar-refractivity contribution < 1.29 is 27.5 Å². The van der Waals surface area contributed by atoms with Gasteiger partial charge < -0.3 is 20.7 Å². The molecule has 1 aliphatic heterocycles. The summed E-state index contributed by atoms with van der Waals surface area (Å²) in [6.45, 7) is 0.939. The smallest absolute Gasteiger partial charge is 0.404 e. The van der Waals surface area contributed by atoms with Crippen LogP contribution in [0.1, 0.15) is 12.0 Å². The SMILES string of the molecule is NC1CCN(C(=O)Cc2cnc(NC(=O)Nc3ccccc3OC(F)(F)F)[nH]c2=O)C1. The van der Waals surface area contributed by atoms with E-state index in [0.717, 1.165) is 12.3 Å². The molecule has 0 spiro atoms. The number of likely N-dealkylation sites (tertiary alicyclic amines) is 1. The lowest BCUT2D eigenvalue weighted by atomic mass is 10.2. The van der Waals surface area contributed by atoms with Crippen molar-refractivity contribution in [1.82, 2.24) is 14.9 Å². The fourth-order valence-electron chi connectivity index (χ4n) is 2.94. The van der Waals surface area contributed by atoms with Gasteiger partial charge in [-0.25, -0.2) is 9.78 Å². The fourth-order valence-corrected chi connectivity index (χ4v) is 2.94. The van der Waals surface area contributed by atoms with E-state index >= 15 is 0 Å². The molecule has 1 unspecified atom stereocenters. The molecule has 31 heavy (non-hydrogen) atoms. The van der Waals surface area contributed by atoms with Crippen molar-refractivity contribution in [3.8, 4) is 5.75 Å². The summed E-state index contributed by atoms with van der Waals surface area (Å²) >= 11 is 0. The second kappa shape index (κ2) is 9.04. The minimum atomic E-state index is -4.94. The average molecular weight is 440 g/mol. The lowest BCUT2D eigenvalue weighted by molar-refractivity contribution is -0.274. The molecule has 2 aromatic rings. The van der Waals surface area contributed by atoms with E-state index in [2.05, 4.69) is 25.3 Å². The third-order valence-electron chi connectivity index (χ3n) is 4.39. The summed E-state index contributed by atoms with van der Waals surface area (Å²) < 4.78 is 41.2. The van der Waals surface area contributed by atoms with Gasteiger partial charge in [0.15, 0.2) is 5.75 Å². The van der Waals surface area contributed by atoms with E-state index in [-0.39, 0.29) is 35.6 Å². The lowest BCUT2D eigenvalue weighted by Crippen LogP contribution is -2.34.